The van der Waals surface area contributed by atoms with Crippen LogP contribution in [0.1, 0.15) is 5.69 Å². The van der Waals surface area contributed by atoms with E-state index in [4.69, 9.17) is 5.73 Å². The van der Waals surface area contributed by atoms with Gasteiger partial charge in [-0.25, -0.2) is 4.39 Å². The maximum atomic E-state index is 12.9. The lowest BCUT2D eigenvalue weighted by Gasteiger charge is -2.36. The van der Waals surface area contributed by atoms with Gasteiger partial charge in [-0.05, 0) is 36.4 Å². The maximum Gasteiger partial charge on any atom is 0.123 e. The molecule has 1 saturated heterocycles. The summed E-state index contributed by atoms with van der Waals surface area (Å²) in [7, 11) is 0. The number of halogens is 1. The summed E-state index contributed by atoms with van der Waals surface area (Å²) in [6, 6.07) is 10.6. The van der Waals surface area contributed by atoms with Gasteiger partial charge in [0.1, 0.15) is 5.82 Å². The van der Waals surface area contributed by atoms with E-state index >= 15 is 0 Å². The largest absolute Gasteiger partial charge is 0.397 e. The Labute approximate surface area is 124 Å². The molecule has 2 N–H and O–H groups in total. The van der Waals surface area contributed by atoms with Gasteiger partial charge in [-0.2, -0.15) is 0 Å². The molecule has 1 aromatic heterocycles. The van der Waals surface area contributed by atoms with Crippen LogP contribution >= 0.6 is 0 Å². The van der Waals surface area contributed by atoms with E-state index in [1.165, 1.54) is 12.1 Å². The van der Waals surface area contributed by atoms with Crippen molar-refractivity contribution in [3.8, 4) is 0 Å². The van der Waals surface area contributed by atoms with Crippen LogP contribution in [0.3, 0.4) is 0 Å². The lowest BCUT2D eigenvalue weighted by molar-refractivity contribution is 0.247. The second-order valence-corrected chi connectivity index (χ2v) is 5.32. The average molecular weight is 286 g/mol. The Kier molecular flexibility index (Phi) is 4.01. The number of nitrogens with two attached hydrogens (primary N) is 1. The van der Waals surface area contributed by atoms with Crippen LogP contribution in [-0.4, -0.2) is 36.1 Å². The Bertz CT molecular complexity index is 574. The quantitative estimate of drug-likeness (QED) is 0.939. The van der Waals surface area contributed by atoms with Gasteiger partial charge in [0.2, 0.25) is 0 Å². The lowest BCUT2D eigenvalue weighted by Crippen LogP contribution is -2.46. The van der Waals surface area contributed by atoms with E-state index in [-0.39, 0.29) is 5.82 Å². The maximum absolute atomic E-state index is 12.9. The minimum atomic E-state index is -0.188. The molecule has 2 heterocycles. The molecule has 1 fully saturated rings. The van der Waals surface area contributed by atoms with Crippen molar-refractivity contribution in [2.75, 3.05) is 36.8 Å². The van der Waals surface area contributed by atoms with E-state index in [9.17, 15) is 4.39 Å². The molecule has 0 atom stereocenters. The van der Waals surface area contributed by atoms with Crippen molar-refractivity contribution in [2.45, 2.75) is 6.54 Å². The zero-order chi connectivity index (χ0) is 14.7. The number of nitrogens with zero attached hydrogens (tertiary/aromatic N) is 3. The fourth-order valence-corrected chi connectivity index (χ4v) is 2.57. The summed E-state index contributed by atoms with van der Waals surface area (Å²) in [6.45, 7) is 4.69. The van der Waals surface area contributed by atoms with Gasteiger partial charge in [-0.3, -0.25) is 9.88 Å². The van der Waals surface area contributed by atoms with Gasteiger partial charge in [0.25, 0.3) is 0 Å². The Morgan fingerprint density at radius 1 is 1.00 bits per heavy atom. The van der Waals surface area contributed by atoms with Gasteiger partial charge in [0, 0.05) is 38.4 Å². The van der Waals surface area contributed by atoms with Crippen LogP contribution in [0.25, 0.3) is 0 Å². The highest BCUT2D eigenvalue weighted by atomic mass is 19.1. The first-order chi connectivity index (χ1) is 10.2. The predicted molar refractivity (Wildman–Crippen MR) is 82.5 cm³/mol. The van der Waals surface area contributed by atoms with Crippen LogP contribution in [0, 0.1) is 5.82 Å². The first-order valence-electron chi connectivity index (χ1n) is 7.14. The summed E-state index contributed by atoms with van der Waals surface area (Å²) in [6.07, 6.45) is 1.70. The number of anilines is 2. The highest BCUT2D eigenvalue weighted by Gasteiger charge is 2.17. The van der Waals surface area contributed by atoms with Gasteiger partial charge in [0.15, 0.2) is 0 Å². The third kappa shape index (κ3) is 3.49. The van der Waals surface area contributed by atoms with Crippen molar-refractivity contribution in [2.24, 2.45) is 0 Å². The molecule has 0 spiro atoms. The third-order valence-electron chi connectivity index (χ3n) is 3.80. The molecular formula is C16H19FN4. The minimum Gasteiger partial charge on any atom is -0.397 e. The summed E-state index contributed by atoms with van der Waals surface area (Å²) < 4.78 is 12.9. The highest BCUT2D eigenvalue weighted by molar-refractivity contribution is 5.46. The standard InChI is InChI=1S/C16H19FN4/c17-13-1-5-16(6-2-13)21-9-7-20(8-10-21)12-15-4-3-14(18)11-19-15/h1-6,11H,7-10,12,18H2. The summed E-state index contributed by atoms with van der Waals surface area (Å²) >= 11 is 0. The summed E-state index contributed by atoms with van der Waals surface area (Å²) in [4.78, 5) is 8.99. The second kappa shape index (κ2) is 6.10. The number of nitrogen functional groups attached to an aromatic ring is 1. The third-order valence-corrected chi connectivity index (χ3v) is 3.80. The number of pyridine rings is 1. The summed E-state index contributed by atoms with van der Waals surface area (Å²) in [5.41, 5.74) is 8.46. The SMILES string of the molecule is Nc1ccc(CN2CCN(c3ccc(F)cc3)CC2)nc1. The van der Waals surface area contributed by atoms with Crippen LogP contribution < -0.4 is 10.6 Å². The van der Waals surface area contributed by atoms with Crippen LogP contribution in [0.5, 0.6) is 0 Å². The molecule has 5 heteroatoms. The molecule has 1 aliphatic heterocycles. The Hall–Kier alpha value is -2.14. The van der Waals surface area contributed by atoms with Crippen molar-refractivity contribution in [1.29, 1.82) is 0 Å². The fourth-order valence-electron chi connectivity index (χ4n) is 2.57. The summed E-state index contributed by atoms with van der Waals surface area (Å²) in [5, 5.41) is 0. The van der Waals surface area contributed by atoms with E-state index < -0.39 is 0 Å². The average Bonchev–Trinajstić information content (AvgIpc) is 2.51. The molecule has 0 radical (unpaired) electrons. The number of aromatic nitrogens is 1. The molecule has 0 saturated carbocycles. The molecule has 3 rings (SSSR count). The molecule has 0 unspecified atom stereocenters. The van der Waals surface area contributed by atoms with Gasteiger partial charge in [-0.15, -0.1) is 0 Å². The van der Waals surface area contributed by atoms with Gasteiger partial charge in [-0.1, -0.05) is 0 Å². The molecule has 0 amide bonds. The van der Waals surface area contributed by atoms with E-state index in [1.54, 1.807) is 6.20 Å². The molecule has 1 aromatic carbocycles. The van der Waals surface area contributed by atoms with E-state index in [2.05, 4.69) is 14.8 Å². The number of piperazine rings is 1. The molecule has 2 aromatic rings. The topological polar surface area (TPSA) is 45.4 Å². The van der Waals surface area contributed by atoms with Crippen molar-refractivity contribution in [3.63, 3.8) is 0 Å². The normalized spacial score (nSPS) is 16.1. The van der Waals surface area contributed by atoms with Gasteiger partial charge >= 0.3 is 0 Å². The molecule has 0 bridgehead atoms. The molecular weight excluding hydrogens is 267 g/mol. The Morgan fingerprint density at radius 2 is 1.71 bits per heavy atom. The van der Waals surface area contributed by atoms with Crippen LogP contribution in [-0.2, 0) is 6.54 Å². The Morgan fingerprint density at radius 3 is 2.33 bits per heavy atom. The van der Waals surface area contributed by atoms with Crippen LogP contribution in [0.15, 0.2) is 42.6 Å². The number of rotatable bonds is 3. The van der Waals surface area contributed by atoms with E-state index in [1.807, 2.05) is 24.3 Å². The molecule has 4 nitrogen and oxygen atoms in total. The van der Waals surface area contributed by atoms with E-state index in [0.29, 0.717) is 5.69 Å². The first kappa shape index (κ1) is 13.8. The molecule has 0 aliphatic carbocycles. The lowest BCUT2D eigenvalue weighted by atomic mass is 10.2. The van der Waals surface area contributed by atoms with Crippen LogP contribution in [0.4, 0.5) is 15.8 Å². The zero-order valence-electron chi connectivity index (χ0n) is 11.9. The predicted octanol–water partition coefficient (Wildman–Crippen LogP) is 2.13. The molecule has 1 aliphatic rings. The van der Waals surface area contributed by atoms with Crippen molar-refractivity contribution in [3.05, 3.63) is 54.1 Å². The zero-order valence-corrected chi connectivity index (χ0v) is 11.9. The number of benzene rings is 1. The number of hydrogen-bond acceptors (Lipinski definition) is 4. The fraction of sp³-hybridized carbons (Fsp3) is 0.312. The van der Waals surface area contributed by atoms with Crippen molar-refractivity contribution in [1.82, 2.24) is 9.88 Å². The van der Waals surface area contributed by atoms with Gasteiger partial charge < -0.3 is 10.6 Å². The van der Waals surface area contributed by atoms with Crippen LogP contribution in [0.2, 0.25) is 0 Å². The monoisotopic (exact) mass is 286 g/mol. The smallest absolute Gasteiger partial charge is 0.123 e. The molecule has 110 valence electrons. The van der Waals surface area contributed by atoms with Gasteiger partial charge in [0.05, 0.1) is 17.6 Å². The highest BCUT2D eigenvalue weighted by Crippen LogP contribution is 2.17. The minimum absolute atomic E-state index is 0.188. The van der Waals surface area contributed by atoms with Crippen molar-refractivity contribution >= 4 is 11.4 Å². The van der Waals surface area contributed by atoms with E-state index in [0.717, 1.165) is 44.1 Å². The first-order valence-corrected chi connectivity index (χ1v) is 7.14. The molecule has 21 heavy (non-hydrogen) atoms. The summed E-state index contributed by atoms with van der Waals surface area (Å²) in [5.74, 6) is -0.188. The van der Waals surface area contributed by atoms with Crippen molar-refractivity contribution < 1.29 is 4.39 Å². The number of hydrogen-bond donors (Lipinski definition) is 1. The Balaban J connectivity index is 1.55. The second-order valence-electron chi connectivity index (χ2n) is 5.32.